The number of carbonyl (C=O) groups excluding carboxylic acids is 2. The number of hydrogen-bond acceptors (Lipinski definition) is 7. The average molecular weight is 446 g/mol. The van der Waals surface area contributed by atoms with Crippen LogP contribution in [0.2, 0.25) is 0 Å². The Balaban J connectivity index is 1.58. The van der Waals surface area contributed by atoms with Crippen molar-refractivity contribution in [1.82, 2.24) is 0 Å². The summed E-state index contributed by atoms with van der Waals surface area (Å²) in [6.07, 6.45) is 1.71. The van der Waals surface area contributed by atoms with Crippen LogP contribution in [0.25, 0.3) is 6.08 Å². The summed E-state index contributed by atoms with van der Waals surface area (Å²) in [6.45, 7) is 1.96. The van der Waals surface area contributed by atoms with Crippen molar-refractivity contribution in [2.75, 3.05) is 21.3 Å². The normalized spacial score (nSPS) is 13.3. The van der Waals surface area contributed by atoms with Crippen LogP contribution in [-0.2, 0) is 0 Å². The minimum atomic E-state index is -0.630. The fraction of sp³-hybridized carbons (Fsp3) is 0.154. The zero-order valence-electron chi connectivity index (χ0n) is 18.6. The monoisotopic (exact) mass is 446 g/mol. The second-order valence-electron chi connectivity index (χ2n) is 7.26. The van der Waals surface area contributed by atoms with Crippen LogP contribution in [0.1, 0.15) is 31.8 Å². The Bertz CT molecular complexity index is 1250. The Morgan fingerprint density at radius 2 is 1.61 bits per heavy atom. The van der Waals surface area contributed by atoms with E-state index >= 15 is 0 Å². The molecular formula is C26H22O7. The third kappa shape index (κ3) is 4.25. The fourth-order valence-electron chi connectivity index (χ4n) is 3.49. The zero-order valence-corrected chi connectivity index (χ0v) is 18.6. The van der Waals surface area contributed by atoms with Crippen LogP contribution in [0.15, 0.2) is 60.4 Å². The Kier molecular flexibility index (Phi) is 6.04. The molecule has 7 heteroatoms. The lowest BCUT2D eigenvalue weighted by Gasteiger charge is -2.13. The van der Waals surface area contributed by atoms with Crippen LogP contribution in [-0.4, -0.2) is 33.1 Å². The quantitative estimate of drug-likeness (QED) is 0.304. The summed E-state index contributed by atoms with van der Waals surface area (Å²) in [6, 6.07) is 15.3. The van der Waals surface area contributed by atoms with Crippen LogP contribution in [0.4, 0.5) is 0 Å². The van der Waals surface area contributed by atoms with Crippen molar-refractivity contribution in [3.05, 3.63) is 82.6 Å². The number of methoxy groups -OCH3 is 3. The molecule has 0 amide bonds. The molecule has 7 nitrogen and oxygen atoms in total. The molecule has 0 aliphatic carbocycles. The maximum Gasteiger partial charge on any atom is 0.343 e. The average Bonchev–Trinajstić information content (AvgIpc) is 3.13. The number of carbonyl (C=O) groups is 2. The van der Waals surface area contributed by atoms with Gasteiger partial charge < -0.3 is 23.7 Å². The van der Waals surface area contributed by atoms with Gasteiger partial charge in [-0.2, -0.15) is 0 Å². The van der Waals surface area contributed by atoms with Gasteiger partial charge in [0, 0.05) is 6.07 Å². The molecule has 168 valence electrons. The van der Waals surface area contributed by atoms with Gasteiger partial charge in [-0.15, -0.1) is 0 Å². The lowest BCUT2D eigenvalue weighted by atomic mass is 10.1. The Labute approximate surface area is 191 Å². The number of rotatable bonds is 6. The number of esters is 1. The lowest BCUT2D eigenvalue weighted by Crippen LogP contribution is -2.09. The van der Waals surface area contributed by atoms with Gasteiger partial charge in [0.2, 0.25) is 11.5 Å². The first kappa shape index (κ1) is 22.0. The van der Waals surface area contributed by atoms with Gasteiger partial charge in [-0.25, -0.2) is 4.79 Å². The molecule has 0 saturated heterocycles. The number of fused-ring (bicyclic) bond motifs is 1. The van der Waals surface area contributed by atoms with E-state index in [0.717, 1.165) is 11.1 Å². The topological polar surface area (TPSA) is 80.3 Å². The van der Waals surface area contributed by atoms with Crippen LogP contribution in [0.3, 0.4) is 0 Å². The van der Waals surface area contributed by atoms with E-state index in [1.807, 2.05) is 31.2 Å². The number of hydrogen-bond donors (Lipinski definition) is 0. The Hall–Kier alpha value is -4.26. The highest BCUT2D eigenvalue weighted by Gasteiger charge is 2.28. The van der Waals surface area contributed by atoms with E-state index in [4.69, 9.17) is 23.7 Å². The van der Waals surface area contributed by atoms with Gasteiger partial charge in [0.25, 0.3) is 0 Å². The van der Waals surface area contributed by atoms with Gasteiger partial charge in [0.15, 0.2) is 17.3 Å². The van der Waals surface area contributed by atoms with E-state index in [2.05, 4.69) is 0 Å². The molecule has 0 saturated carbocycles. The third-order valence-electron chi connectivity index (χ3n) is 5.23. The summed E-state index contributed by atoms with van der Waals surface area (Å²) in [5.41, 5.74) is 2.53. The number of allylic oxidation sites excluding steroid dienone is 1. The molecule has 0 aromatic heterocycles. The summed E-state index contributed by atoms with van der Waals surface area (Å²) >= 11 is 0. The van der Waals surface area contributed by atoms with E-state index in [1.165, 1.54) is 39.5 Å². The highest BCUT2D eigenvalue weighted by Crippen LogP contribution is 2.39. The largest absolute Gasteiger partial charge is 0.493 e. The molecule has 0 fully saturated rings. The van der Waals surface area contributed by atoms with Gasteiger partial charge in [-0.1, -0.05) is 24.3 Å². The second kappa shape index (κ2) is 9.08. The molecule has 33 heavy (non-hydrogen) atoms. The van der Waals surface area contributed by atoms with Crippen molar-refractivity contribution in [2.24, 2.45) is 0 Å². The van der Waals surface area contributed by atoms with Crippen molar-refractivity contribution in [2.45, 2.75) is 6.92 Å². The van der Waals surface area contributed by atoms with Crippen molar-refractivity contribution in [3.8, 4) is 28.7 Å². The highest BCUT2D eigenvalue weighted by molar-refractivity contribution is 6.14. The first-order valence-corrected chi connectivity index (χ1v) is 10.1. The van der Waals surface area contributed by atoms with Crippen LogP contribution in [0, 0.1) is 6.92 Å². The molecule has 3 aromatic rings. The first-order valence-electron chi connectivity index (χ1n) is 10.1. The number of Topliss-reactive ketones (excluding diaryl/α,β-unsaturated/α-hetero) is 1. The molecule has 0 N–H and O–H groups in total. The third-order valence-corrected chi connectivity index (χ3v) is 5.23. The number of ether oxygens (including phenoxy) is 5. The van der Waals surface area contributed by atoms with Crippen molar-refractivity contribution in [1.29, 1.82) is 0 Å². The second-order valence-corrected chi connectivity index (χ2v) is 7.26. The van der Waals surface area contributed by atoms with Crippen molar-refractivity contribution >= 4 is 17.8 Å². The van der Waals surface area contributed by atoms with Gasteiger partial charge in [0.1, 0.15) is 11.5 Å². The summed E-state index contributed by atoms with van der Waals surface area (Å²) in [5.74, 6) is 0.953. The molecule has 1 aliphatic heterocycles. The molecule has 3 aromatic carbocycles. The van der Waals surface area contributed by atoms with Gasteiger partial charge in [-0.3, -0.25) is 4.79 Å². The summed E-state index contributed by atoms with van der Waals surface area (Å²) in [7, 11) is 4.40. The van der Waals surface area contributed by atoms with Crippen LogP contribution in [0.5, 0.6) is 28.7 Å². The van der Waals surface area contributed by atoms with Crippen molar-refractivity contribution in [3.63, 3.8) is 0 Å². The molecular weight excluding hydrogens is 424 g/mol. The predicted molar refractivity (Wildman–Crippen MR) is 122 cm³/mol. The summed E-state index contributed by atoms with van der Waals surface area (Å²) < 4.78 is 27.1. The standard InChI is InChI=1S/C26H22O7/c1-15-7-5-6-8-16(15)11-21-24(27)19-10-9-18(14-20(19)33-21)32-26(28)17-12-22(29-2)25(31-4)23(13-17)30-3/h5-14H,1-4H3/b21-11-. The van der Waals surface area contributed by atoms with E-state index in [0.29, 0.717) is 28.6 Å². The Morgan fingerprint density at radius 3 is 2.24 bits per heavy atom. The SMILES string of the molecule is COc1cc(C(=O)Oc2ccc3c(c2)O/C(=C\c2ccccc2C)C3=O)cc(OC)c1OC. The summed E-state index contributed by atoms with van der Waals surface area (Å²) in [5, 5.41) is 0. The van der Waals surface area contributed by atoms with Gasteiger partial charge >= 0.3 is 5.97 Å². The number of benzene rings is 3. The lowest BCUT2D eigenvalue weighted by molar-refractivity contribution is 0.0733. The Morgan fingerprint density at radius 1 is 0.909 bits per heavy atom. The predicted octanol–water partition coefficient (Wildman–Crippen LogP) is 4.86. The van der Waals surface area contributed by atoms with Gasteiger partial charge in [-0.05, 0) is 48.4 Å². The van der Waals surface area contributed by atoms with Gasteiger partial charge in [0.05, 0.1) is 32.5 Å². The smallest absolute Gasteiger partial charge is 0.343 e. The maximum absolute atomic E-state index is 12.8. The van der Waals surface area contributed by atoms with Crippen LogP contribution < -0.4 is 23.7 Å². The first-order chi connectivity index (χ1) is 15.9. The summed E-state index contributed by atoms with van der Waals surface area (Å²) in [4.78, 5) is 25.5. The van der Waals surface area contributed by atoms with E-state index in [1.54, 1.807) is 18.2 Å². The number of ketones is 1. The van der Waals surface area contributed by atoms with E-state index in [9.17, 15) is 9.59 Å². The molecule has 0 atom stereocenters. The van der Waals surface area contributed by atoms with E-state index < -0.39 is 5.97 Å². The minimum absolute atomic E-state index is 0.210. The zero-order chi connectivity index (χ0) is 23.5. The molecule has 0 radical (unpaired) electrons. The molecule has 1 aliphatic rings. The van der Waals surface area contributed by atoms with E-state index in [-0.39, 0.29) is 22.9 Å². The maximum atomic E-state index is 12.8. The molecule has 1 heterocycles. The molecule has 0 spiro atoms. The fourth-order valence-corrected chi connectivity index (χ4v) is 3.49. The number of aryl methyl sites for hydroxylation is 1. The highest BCUT2D eigenvalue weighted by atomic mass is 16.5. The van der Waals surface area contributed by atoms with Crippen LogP contribution >= 0.6 is 0 Å². The molecule has 0 unspecified atom stereocenters. The molecule has 0 bridgehead atoms. The van der Waals surface area contributed by atoms with Crippen molar-refractivity contribution < 1.29 is 33.3 Å². The minimum Gasteiger partial charge on any atom is -0.493 e. The molecule has 4 rings (SSSR count).